The molecule has 36 heavy (non-hydrogen) atoms. The third-order valence-electron chi connectivity index (χ3n) is 5.40. The van der Waals surface area contributed by atoms with Gasteiger partial charge >= 0.3 is 12.0 Å². The second kappa shape index (κ2) is 8.48. The summed E-state index contributed by atoms with van der Waals surface area (Å²) in [6.45, 7) is 1.64. The van der Waals surface area contributed by atoms with E-state index in [0.717, 1.165) is 23.9 Å². The summed E-state index contributed by atoms with van der Waals surface area (Å²) < 4.78 is 49.8. The number of ether oxygens (including phenoxy) is 1. The van der Waals surface area contributed by atoms with E-state index in [1.165, 1.54) is 21.4 Å². The number of aromatic hydroxyl groups is 1. The third-order valence-corrected chi connectivity index (χ3v) is 6.47. The molecule has 0 unspecified atom stereocenters. The van der Waals surface area contributed by atoms with Gasteiger partial charge in [0.15, 0.2) is 11.3 Å². The lowest BCUT2D eigenvalue weighted by atomic mass is 10.1. The van der Waals surface area contributed by atoms with Crippen LogP contribution in [0.3, 0.4) is 0 Å². The normalized spacial score (nSPS) is 11.9. The Hall–Kier alpha value is -4.19. The van der Waals surface area contributed by atoms with Crippen LogP contribution in [0.2, 0.25) is 0 Å². The van der Waals surface area contributed by atoms with Crippen LogP contribution >= 0.6 is 11.8 Å². The average Bonchev–Trinajstić information content (AvgIpc) is 3.11. The van der Waals surface area contributed by atoms with E-state index in [2.05, 4.69) is 9.84 Å². The Bertz CT molecular complexity index is 1740. The minimum Gasteiger partial charge on any atom is -0.505 e. The summed E-state index contributed by atoms with van der Waals surface area (Å²) >= 11 is 0.940. The summed E-state index contributed by atoms with van der Waals surface area (Å²) in [5, 5.41) is 15.5. The fourth-order valence-electron chi connectivity index (χ4n) is 3.99. The minimum absolute atomic E-state index is 0.131. The lowest BCUT2D eigenvalue weighted by Crippen LogP contribution is -2.22. The van der Waals surface area contributed by atoms with Crippen LogP contribution < -0.4 is 15.9 Å². The van der Waals surface area contributed by atoms with Gasteiger partial charge in [-0.05, 0) is 43.3 Å². The summed E-state index contributed by atoms with van der Waals surface area (Å²) in [5.74, 6) is -1.02. The fraction of sp³-hybridized carbons (Fsp3) is 0.125. The maximum absolute atomic E-state index is 13.7. The first-order valence-electron chi connectivity index (χ1n) is 10.4. The van der Waals surface area contributed by atoms with Gasteiger partial charge in [-0.2, -0.15) is 5.10 Å². The number of aromatic nitrogens is 3. The third kappa shape index (κ3) is 3.98. The van der Waals surface area contributed by atoms with E-state index in [4.69, 9.17) is 4.42 Å². The van der Waals surface area contributed by atoms with Gasteiger partial charge in [-0.1, -0.05) is 30.0 Å². The van der Waals surface area contributed by atoms with Crippen LogP contribution in [0.25, 0.3) is 27.7 Å². The van der Waals surface area contributed by atoms with Crippen molar-refractivity contribution in [3.8, 4) is 17.2 Å². The van der Waals surface area contributed by atoms with Crippen LogP contribution in [-0.2, 0) is 7.05 Å². The van der Waals surface area contributed by atoms with Gasteiger partial charge in [-0.3, -0.25) is 14.0 Å². The minimum atomic E-state index is -4.87. The molecule has 0 saturated heterocycles. The molecule has 0 spiro atoms. The Morgan fingerprint density at radius 1 is 1.03 bits per heavy atom. The number of hydrogen-bond donors (Lipinski definition) is 1. The van der Waals surface area contributed by atoms with E-state index in [0.29, 0.717) is 16.0 Å². The molecule has 5 aromatic rings. The van der Waals surface area contributed by atoms with E-state index in [9.17, 15) is 27.9 Å². The first-order valence-corrected chi connectivity index (χ1v) is 11.2. The van der Waals surface area contributed by atoms with Gasteiger partial charge in [0.05, 0.1) is 16.8 Å². The molecule has 0 saturated carbocycles. The Morgan fingerprint density at radius 3 is 2.33 bits per heavy atom. The summed E-state index contributed by atoms with van der Waals surface area (Å²) in [6.07, 6.45) is -4.87. The molecule has 1 N–H and O–H groups in total. The highest BCUT2D eigenvalue weighted by Crippen LogP contribution is 2.38. The van der Waals surface area contributed by atoms with Gasteiger partial charge in [0.2, 0.25) is 0 Å². The highest BCUT2D eigenvalue weighted by molar-refractivity contribution is 7.99. The second-order valence-corrected chi connectivity index (χ2v) is 8.86. The highest BCUT2D eigenvalue weighted by atomic mass is 32.2. The smallest absolute Gasteiger partial charge is 0.505 e. The highest BCUT2D eigenvalue weighted by Gasteiger charge is 2.31. The Balaban J connectivity index is 1.80. The standard InChI is InChI=1S/C24H16F3N3O5S/c1-12-16-19-17(18(31)20(23(33)34-19)36-15-6-4-3-5-7-15)22(32)30(21(16)29(2)28-12)13-8-10-14(11-9-13)35-24(25,26)27/h3-11,31H,1-2H3. The molecule has 0 aliphatic rings. The van der Waals surface area contributed by atoms with Gasteiger partial charge in [0.25, 0.3) is 5.56 Å². The Kier molecular flexibility index (Phi) is 5.55. The molecule has 2 aromatic carbocycles. The van der Waals surface area contributed by atoms with Crippen molar-refractivity contribution in [2.45, 2.75) is 23.1 Å². The number of halogens is 3. The van der Waals surface area contributed by atoms with Crippen molar-refractivity contribution in [1.29, 1.82) is 0 Å². The van der Waals surface area contributed by atoms with Gasteiger partial charge in [-0.25, -0.2) is 4.79 Å². The van der Waals surface area contributed by atoms with Crippen LogP contribution in [-0.4, -0.2) is 25.8 Å². The molecule has 0 amide bonds. The molecule has 0 atom stereocenters. The maximum atomic E-state index is 13.7. The molecule has 5 rings (SSSR count). The summed E-state index contributed by atoms with van der Waals surface area (Å²) in [6, 6.07) is 13.4. The maximum Gasteiger partial charge on any atom is 0.573 e. The van der Waals surface area contributed by atoms with Crippen molar-refractivity contribution in [3.63, 3.8) is 0 Å². The van der Waals surface area contributed by atoms with E-state index < -0.39 is 29.0 Å². The Labute approximate surface area is 204 Å². The van der Waals surface area contributed by atoms with Crippen LogP contribution in [0.4, 0.5) is 13.2 Å². The summed E-state index contributed by atoms with van der Waals surface area (Å²) in [4.78, 5) is 27.0. The molecule has 0 aliphatic carbocycles. The zero-order valence-electron chi connectivity index (χ0n) is 18.7. The topological polar surface area (TPSA) is 99.5 Å². The van der Waals surface area contributed by atoms with Crippen LogP contribution in [0, 0.1) is 6.92 Å². The lowest BCUT2D eigenvalue weighted by Gasteiger charge is -2.14. The molecule has 12 heteroatoms. The molecule has 184 valence electrons. The number of alkyl halides is 3. The molecule has 0 radical (unpaired) electrons. The molecule has 3 heterocycles. The van der Waals surface area contributed by atoms with Crippen molar-refractivity contribution in [2.24, 2.45) is 7.05 Å². The average molecular weight is 515 g/mol. The van der Waals surface area contributed by atoms with Gasteiger partial charge in [-0.15, -0.1) is 13.2 Å². The van der Waals surface area contributed by atoms with E-state index in [1.54, 1.807) is 44.3 Å². The molecular weight excluding hydrogens is 499 g/mol. The van der Waals surface area contributed by atoms with Crippen LogP contribution in [0.15, 0.2) is 78.4 Å². The van der Waals surface area contributed by atoms with E-state index in [1.807, 2.05) is 0 Å². The molecule has 0 aliphatic heterocycles. The number of fused-ring (bicyclic) bond motifs is 3. The van der Waals surface area contributed by atoms with Gasteiger partial charge in [0.1, 0.15) is 21.7 Å². The second-order valence-electron chi connectivity index (χ2n) is 7.78. The van der Waals surface area contributed by atoms with Gasteiger partial charge < -0.3 is 14.3 Å². The predicted molar refractivity (Wildman–Crippen MR) is 126 cm³/mol. The molecule has 8 nitrogen and oxygen atoms in total. The SMILES string of the molecule is Cc1nn(C)c2c1c1oc(=O)c(Sc3ccccc3)c(O)c1c(=O)n2-c1ccc(OC(F)(F)F)cc1. The van der Waals surface area contributed by atoms with Crippen molar-refractivity contribution < 1.29 is 27.4 Å². The van der Waals surface area contributed by atoms with E-state index in [-0.39, 0.29) is 27.2 Å². The van der Waals surface area contributed by atoms with Crippen LogP contribution in [0.1, 0.15) is 5.69 Å². The first kappa shape index (κ1) is 23.5. The zero-order chi connectivity index (χ0) is 25.8. The molecular formula is C24H16F3N3O5S. The van der Waals surface area contributed by atoms with Crippen molar-refractivity contribution >= 4 is 33.8 Å². The number of nitrogens with zero attached hydrogens (tertiary/aromatic N) is 3. The van der Waals surface area contributed by atoms with E-state index >= 15 is 0 Å². The lowest BCUT2D eigenvalue weighted by molar-refractivity contribution is -0.274. The van der Waals surface area contributed by atoms with Crippen LogP contribution in [0.5, 0.6) is 11.5 Å². The zero-order valence-corrected chi connectivity index (χ0v) is 19.5. The number of pyridine rings is 1. The predicted octanol–water partition coefficient (Wildman–Crippen LogP) is 4.89. The molecule has 0 bridgehead atoms. The van der Waals surface area contributed by atoms with Crippen molar-refractivity contribution in [1.82, 2.24) is 14.3 Å². The number of aryl methyl sites for hydroxylation is 2. The molecule has 3 aromatic heterocycles. The Morgan fingerprint density at radius 2 is 1.69 bits per heavy atom. The van der Waals surface area contributed by atoms with Crippen molar-refractivity contribution in [2.75, 3.05) is 0 Å². The molecule has 0 fully saturated rings. The fourth-order valence-corrected chi connectivity index (χ4v) is 4.84. The monoisotopic (exact) mass is 515 g/mol. The van der Waals surface area contributed by atoms with Crippen molar-refractivity contribution in [3.05, 3.63) is 81.1 Å². The number of benzene rings is 2. The summed E-state index contributed by atoms with van der Waals surface area (Å²) in [7, 11) is 1.57. The number of hydrogen-bond acceptors (Lipinski definition) is 7. The quantitative estimate of drug-likeness (QED) is 0.364. The largest absolute Gasteiger partial charge is 0.573 e. The first-order chi connectivity index (χ1) is 17.0. The number of rotatable bonds is 4. The van der Waals surface area contributed by atoms with Gasteiger partial charge in [0, 0.05) is 11.9 Å². The summed E-state index contributed by atoms with van der Waals surface area (Å²) in [5.41, 5.74) is -0.888.